The summed E-state index contributed by atoms with van der Waals surface area (Å²) < 4.78 is 23.4. The highest BCUT2D eigenvalue weighted by Crippen LogP contribution is 2.38. The standard InChI is InChI=1S/C71H139N2O6P/c1-6-8-10-12-14-16-18-20-22-24-26-28-30-32-34-35-36-37-39-41-43-45-47-49-51-53-55-57-59-61-63-65-71(75)72-69(68-79-80(76,77)78-67-66-73(3,4)5)70(74)64-62-60-58-56-54-52-50-48-46-44-42-40-38-33-31-29-27-25-23-21-19-17-15-13-11-9-7-2/h24,26,54,56,62,64,69-70,74H,6-23,25,27-53,55,57-61,63,65-68H2,1-5H3,(H-,72,75,76,77)/b26-24-,56-54+,64-62+. The Kier molecular flexibility index (Phi) is 61.3. The maximum Gasteiger partial charge on any atom is 0.268 e. The number of quaternary nitrogens is 1. The average Bonchev–Trinajstić information content (AvgIpc) is 3.42. The predicted molar refractivity (Wildman–Crippen MR) is 348 cm³/mol. The van der Waals surface area contributed by atoms with Crippen molar-refractivity contribution in [1.29, 1.82) is 0 Å². The van der Waals surface area contributed by atoms with Crippen molar-refractivity contribution in [2.24, 2.45) is 0 Å². The normalized spacial score (nSPS) is 13.8. The third kappa shape index (κ3) is 64.3. The summed E-state index contributed by atoms with van der Waals surface area (Å²) in [5.41, 5.74) is 0. The molecule has 3 atom stereocenters. The van der Waals surface area contributed by atoms with Gasteiger partial charge in [0.15, 0.2) is 0 Å². The van der Waals surface area contributed by atoms with E-state index >= 15 is 0 Å². The highest BCUT2D eigenvalue weighted by atomic mass is 31.2. The number of nitrogens with zero attached hydrogens (tertiary/aromatic N) is 1. The summed E-state index contributed by atoms with van der Waals surface area (Å²) in [5, 5.41) is 13.9. The molecule has 1 amide bonds. The van der Waals surface area contributed by atoms with Gasteiger partial charge in [0, 0.05) is 6.42 Å². The summed E-state index contributed by atoms with van der Waals surface area (Å²) in [5.74, 6) is -0.200. The van der Waals surface area contributed by atoms with Crippen molar-refractivity contribution in [2.75, 3.05) is 40.9 Å². The number of phosphoric acid groups is 1. The SMILES string of the molecule is CCCCCCCCCC/C=C\CCCCCCCCCCCCCCCCCCCCCC(=O)NC(COP(=O)([O-])OCC[N+](C)(C)C)C(O)/C=C/CC/C=C/CCCCCCCCCCCCCCCCCCCCCCC. The zero-order chi connectivity index (χ0) is 58.4. The van der Waals surface area contributed by atoms with Crippen LogP contribution >= 0.6 is 7.82 Å². The lowest BCUT2D eigenvalue weighted by molar-refractivity contribution is -0.870. The van der Waals surface area contributed by atoms with E-state index in [1.165, 1.54) is 302 Å². The molecule has 8 nitrogen and oxygen atoms in total. The van der Waals surface area contributed by atoms with Gasteiger partial charge in [0.05, 0.1) is 39.9 Å². The first-order chi connectivity index (χ1) is 39.0. The second kappa shape index (κ2) is 62.3. The van der Waals surface area contributed by atoms with Crippen molar-refractivity contribution in [3.63, 3.8) is 0 Å². The van der Waals surface area contributed by atoms with Crippen molar-refractivity contribution in [3.05, 3.63) is 36.5 Å². The second-order valence-corrected chi connectivity index (χ2v) is 27.0. The van der Waals surface area contributed by atoms with E-state index in [2.05, 4.69) is 43.5 Å². The number of nitrogens with one attached hydrogen (secondary N) is 1. The fourth-order valence-electron chi connectivity index (χ4n) is 10.8. The highest BCUT2D eigenvalue weighted by Gasteiger charge is 2.23. The van der Waals surface area contributed by atoms with Gasteiger partial charge in [-0.3, -0.25) is 9.36 Å². The van der Waals surface area contributed by atoms with Gasteiger partial charge < -0.3 is 28.8 Å². The molecule has 0 radical (unpaired) electrons. The third-order valence-corrected chi connectivity index (χ3v) is 17.3. The van der Waals surface area contributed by atoms with Crippen LogP contribution in [0.25, 0.3) is 0 Å². The Morgan fingerprint density at radius 2 is 0.700 bits per heavy atom. The molecule has 0 saturated heterocycles. The molecular formula is C71H139N2O6P. The largest absolute Gasteiger partial charge is 0.756 e. The number of unbranched alkanes of at least 4 members (excludes halogenated alkanes) is 49. The fraction of sp³-hybridized carbons (Fsp3) is 0.901. The third-order valence-electron chi connectivity index (χ3n) is 16.3. The zero-order valence-corrected chi connectivity index (χ0v) is 55.2. The van der Waals surface area contributed by atoms with Gasteiger partial charge in [0.25, 0.3) is 7.82 Å². The number of hydrogen-bond acceptors (Lipinski definition) is 6. The fourth-order valence-corrected chi connectivity index (χ4v) is 11.5. The van der Waals surface area contributed by atoms with Crippen LogP contribution < -0.4 is 10.2 Å². The van der Waals surface area contributed by atoms with E-state index < -0.39 is 20.0 Å². The number of aliphatic hydroxyl groups is 1. The van der Waals surface area contributed by atoms with Crippen LogP contribution in [0.4, 0.5) is 0 Å². The molecule has 0 aromatic rings. The van der Waals surface area contributed by atoms with Crippen LogP contribution in [0.5, 0.6) is 0 Å². The van der Waals surface area contributed by atoms with Gasteiger partial charge in [-0.25, -0.2) is 0 Å². The van der Waals surface area contributed by atoms with Crippen LogP contribution in [0, 0.1) is 0 Å². The van der Waals surface area contributed by atoms with Gasteiger partial charge in [0.1, 0.15) is 13.2 Å². The van der Waals surface area contributed by atoms with Gasteiger partial charge >= 0.3 is 0 Å². The smallest absolute Gasteiger partial charge is 0.268 e. The second-order valence-electron chi connectivity index (χ2n) is 25.6. The molecule has 3 unspecified atom stereocenters. The molecule has 0 bridgehead atoms. The zero-order valence-electron chi connectivity index (χ0n) is 54.3. The van der Waals surface area contributed by atoms with Gasteiger partial charge in [-0.1, -0.05) is 333 Å². The van der Waals surface area contributed by atoms with Gasteiger partial charge in [-0.05, 0) is 57.8 Å². The molecule has 0 aliphatic carbocycles. The molecule has 0 spiro atoms. The first kappa shape index (κ1) is 78.7. The molecule has 0 saturated carbocycles. The number of rotatable bonds is 66. The maximum absolute atomic E-state index is 13.0. The lowest BCUT2D eigenvalue weighted by Gasteiger charge is -2.29. The Balaban J connectivity index is 4.07. The number of carbonyl (C=O) groups excluding carboxylic acids is 1. The molecule has 0 aliphatic rings. The number of phosphoric ester groups is 1. The van der Waals surface area contributed by atoms with Gasteiger partial charge in [-0.2, -0.15) is 0 Å². The number of allylic oxidation sites excluding steroid dienone is 5. The quantitative estimate of drug-likeness (QED) is 0.0272. The number of hydrogen-bond donors (Lipinski definition) is 2. The van der Waals surface area contributed by atoms with Gasteiger partial charge in [-0.15, -0.1) is 0 Å². The van der Waals surface area contributed by atoms with Crippen molar-refractivity contribution in [2.45, 2.75) is 373 Å². The summed E-state index contributed by atoms with van der Waals surface area (Å²) >= 11 is 0. The van der Waals surface area contributed by atoms with Crippen molar-refractivity contribution in [3.8, 4) is 0 Å². The summed E-state index contributed by atoms with van der Waals surface area (Å²) in [6.07, 6.45) is 82.8. The molecule has 0 aliphatic heterocycles. The summed E-state index contributed by atoms with van der Waals surface area (Å²) in [7, 11) is 1.26. The minimum absolute atomic E-state index is 0.00446. The van der Waals surface area contributed by atoms with Crippen molar-refractivity contribution in [1.82, 2.24) is 5.32 Å². The number of amides is 1. The van der Waals surface area contributed by atoms with E-state index in [4.69, 9.17) is 9.05 Å². The topological polar surface area (TPSA) is 108 Å². The lowest BCUT2D eigenvalue weighted by Crippen LogP contribution is -2.45. The van der Waals surface area contributed by atoms with Crippen LogP contribution in [0.2, 0.25) is 0 Å². The van der Waals surface area contributed by atoms with Crippen LogP contribution in [-0.2, 0) is 18.4 Å². The molecule has 474 valence electrons. The molecule has 0 heterocycles. The monoisotopic (exact) mass is 1150 g/mol. The lowest BCUT2D eigenvalue weighted by atomic mass is 10.0. The highest BCUT2D eigenvalue weighted by molar-refractivity contribution is 7.45. The van der Waals surface area contributed by atoms with Crippen LogP contribution in [-0.4, -0.2) is 68.5 Å². The number of likely N-dealkylation sites (N-methyl/N-ethyl adjacent to an activating group) is 1. The molecular weight excluding hydrogens is 1010 g/mol. The van der Waals surface area contributed by atoms with Crippen LogP contribution in [0.1, 0.15) is 361 Å². The predicted octanol–water partition coefficient (Wildman–Crippen LogP) is 21.8. The molecule has 0 aromatic heterocycles. The Morgan fingerprint density at radius 3 is 1.01 bits per heavy atom. The average molecular weight is 1150 g/mol. The summed E-state index contributed by atoms with van der Waals surface area (Å²) in [4.78, 5) is 25.6. The van der Waals surface area contributed by atoms with E-state index in [9.17, 15) is 19.4 Å². The molecule has 0 rings (SSSR count). The Hall–Kier alpha value is -1.28. The van der Waals surface area contributed by atoms with E-state index in [-0.39, 0.29) is 19.1 Å². The van der Waals surface area contributed by atoms with E-state index in [0.717, 1.165) is 38.5 Å². The number of carbonyl (C=O) groups is 1. The first-order valence-corrected chi connectivity index (χ1v) is 36.8. The van der Waals surface area contributed by atoms with Crippen molar-refractivity contribution < 1.29 is 32.9 Å². The minimum Gasteiger partial charge on any atom is -0.756 e. The Morgan fingerprint density at radius 1 is 0.425 bits per heavy atom. The Labute approximate surface area is 499 Å². The maximum atomic E-state index is 13.0. The molecule has 0 aromatic carbocycles. The molecule has 9 heteroatoms. The summed E-state index contributed by atoms with van der Waals surface area (Å²) in [6, 6.07) is -0.903. The van der Waals surface area contributed by atoms with E-state index in [1.54, 1.807) is 6.08 Å². The molecule has 80 heavy (non-hydrogen) atoms. The molecule has 0 fully saturated rings. The number of aliphatic hydroxyl groups excluding tert-OH is 1. The van der Waals surface area contributed by atoms with E-state index in [0.29, 0.717) is 17.4 Å². The first-order valence-electron chi connectivity index (χ1n) is 35.4. The Bertz CT molecular complexity index is 1400. The van der Waals surface area contributed by atoms with Crippen molar-refractivity contribution >= 4 is 13.7 Å². The summed E-state index contributed by atoms with van der Waals surface area (Å²) in [6.45, 7) is 4.69. The van der Waals surface area contributed by atoms with Gasteiger partial charge in [0.2, 0.25) is 5.91 Å². The molecule has 2 N–H and O–H groups in total. The van der Waals surface area contributed by atoms with Crippen LogP contribution in [0.15, 0.2) is 36.5 Å². The minimum atomic E-state index is -4.61. The van der Waals surface area contributed by atoms with Crippen LogP contribution in [0.3, 0.4) is 0 Å². The van der Waals surface area contributed by atoms with E-state index in [1.807, 2.05) is 27.2 Å².